The molecule has 0 aromatic heterocycles. The fourth-order valence-electron chi connectivity index (χ4n) is 1.66. The molecule has 0 saturated heterocycles. The van der Waals surface area contributed by atoms with Gasteiger partial charge in [-0.25, -0.2) is 0 Å². The average Bonchev–Trinajstić information content (AvgIpc) is 2.31. The van der Waals surface area contributed by atoms with Crippen LogP contribution in [-0.4, -0.2) is 24.6 Å². The van der Waals surface area contributed by atoms with Gasteiger partial charge in [0.05, 0.1) is 0 Å². The maximum Gasteiger partial charge on any atom is 0.0367 e. The molecule has 0 aliphatic carbocycles. The van der Waals surface area contributed by atoms with Crippen LogP contribution in [0.2, 0.25) is 0 Å². The van der Waals surface area contributed by atoms with E-state index in [1.54, 1.807) is 0 Å². The first-order chi connectivity index (χ1) is 7.77. The predicted molar refractivity (Wildman–Crippen MR) is 76.4 cm³/mol. The summed E-state index contributed by atoms with van der Waals surface area (Å²) >= 11 is 2.01. The summed E-state index contributed by atoms with van der Waals surface area (Å²) in [6.45, 7) is 6.60. The molecule has 0 spiro atoms. The van der Waals surface area contributed by atoms with E-state index in [0.717, 1.165) is 18.8 Å². The fourth-order valence-corrected chi connectivity index (χ4v) is 2.28. The van der Waals surface area contributed by atoms with E-state index < -0.39 is 0 Å². The molecule has 0 fully saturated rings. The zero-order valence-corrected chi connectivity index (χ0v) is 11.1. The predicted octanol–water partition coefficient (Wildman–Crippen LogP) is 3.24. The summed E-state index contributed by atoms with van der Waals surface area (Å²) in [4.78, 5) is 2.40. The second kappa shape index (κ2) is 7.44. The minimum absolute atomic E-state index is 0.835. The number of hydrogen-bond acceptors (Lipinski definition) is 3. The van der Waals surface area contributed by atoms with Crippen LogP contribution >= 0.6 is 11.8 Å². The Morgan fingerprint density at radius 3 is 2.44 bits per heavy atom. The van der Waals surface area contributed by atoms with Gasteiger partial charge in [-0.15, -0.1) is 0 Å². The smallest absolute Gasteiger partial charge is 0.0367 e. The lowest BCUT2D eigenvalue weighted by Gasteiger charge is -2.23. The highest BCUT2D eigenvalue weighted by Crippen LogP contribution is 2.16. The number of nitrogens with two attached hydrogens (primary N) is 1. The highest BCUT2D eigenvalue weighted by atomic mass is 32.2. The molecular formula is C13H22N2S. The Kier molecular flexibility index (Phi) is 6.16. The normalized spacial score (nSPS) is 10.4. The van der Waals surface area contributed by atoms with Crippen LogP contribution < -0.4 is 10.6 Å². The van der Waals surface area contributed by atoms with Gasteiger partial charge in [-0.05, 0) is 49.1 Å². The summed E-state index contributed by atoms with van der Waals surface area (Å²) in [6.07, 6.45) is 1.25. The van der Waals surface area contributed by atoms with Crippen molar-refractivity contribution in [3.63, 3.8) is 0 Å². The molecule has 90 valence electrons. The third-order valence-electron chi connectivity index (χ3n) is 2.56. The number of hydrogen-bond donors (Lipinski definition) is 1. The maximum absolute atomic E-state index is 5.69. The molecule has 3 heteroatoms. The van der Waals surface area contributed by atoms with Crippen LogP contribution in [0.4, 0.5) is 11.4 Å². The lowest BCUT2D eigenvalue weighted by atomic mass is 10.2. The Morgan fingerprint density at radius 2 is 1.88 bits per heavy atom. The van der Waals surface area contributed by atoms with Crippen LogP contribution in [0.1, 0.15) is 20.3 Å². The highest BCUT2D eigenvalue weighted by Gasteiger charge is 2.02. The van der Waals surface area contributed by atoms with Gasteiger partial charge in [-0.2, -0.15) is 11.8 Å². The van der Waals surface area contributed by atoms with Crippen molar-refractivity contribution >= 4 is 23.1 Å². The lowest BCUT2D eigenvalue weighted by molar-refractivity contribution is 0.797. The molecule has 0 saturated carbocycles. The molecule has 0 aliphatic heterocycles. The second-order valence-electron chi connectivity index (χ2n) is 3.72. The minimum Gasteiger partial charge on any atom is -0.399 e. The molecule has 0 amide bonds. The van der Waals surface area contributed by atoms with Crippen molar-refractivity contribution in [2.24, 2.45) is 0 Å². The number of benzene rings is 1. The van der Waals surface area contributed by atoms with Crippen LogP contribution in [-0.2, 0) is 0 Å². The molecule has 16 heavy (non-hydrogen) atoms. The Morgan fingerprint density at radius 1 is 1.19 bits per heavy atom. The fraction of sp³-hybridized carbons (Fsp3) is 0.538. The van der Waals surface area contributed by atoms with Gasteiger partial charge in [0, 0.05) is 24.5 Å². The molecule has 1 aromatic rings. The zero-order valence-electron chi connectivity index (χ0n) is 10.3. The topological polar surface area (TPSA) is 29.3 Å². The van der Waals surface area contributed by atoms with Crippen molar-refractivity contribution in [2.45, 2.75) is 20.3 Å². The highest BCUT2D eigenvalue weighted by molar-refractivity contribution is 7.99. The van der Waals surface area contributed by atoms with Gasteiger partial charge in [0.25, 0.3) is 0 Å². The van der Waals surface area contributed by atoms with Crippen LogP contribution in [0.3, 0.4) is 0 Å². The summed E-state index contributed by atoms with van der Waals surface area (Å²) in [6, 6.07) is 8.15. The molecular weight excluding hydrogens is 216 g/mol. The van der Waals surface area contributed by atoms with Crippen LogP contribution in [0.25, 0.3) is 0 Å². The summed E-state index contributed by atoms with van der Waals surface area (Å²) in [5.74, 6) is 2.47. The molecule has 1 rings (SSSR count). The Hall–Kier alpha value is -0.830. The first-order valence-electron chi connectivity index (χ1n) is 5.96. The molecule has 0 aliphatic rings. The van der Waals surface area contributed by atoms with E-state index in [0.29, 0.717) is 0 Å². The molecule has 0 bridgehead atoms. The monoisotopic (exact) mass is 238 g/mol. The Labute approximate surface area is 103 Å². The average molecular weight is 238 g/mol. The van der Waals surface area contributed by atoms with Crippen molar-refractivity contribution < 1.29 is 0 Å². The standard InChI is InChI=1S/C13H22N2S/c1-3-15(10-5-11-16-4-2)13-8-6-12(14)7-9-13/h6-9H,3-5,10-11,14H2,1-2H3. The molecule has 2 N–H and O–H groups in total. The van der Waals surface area contributed by atoms with Crippen molar-refractivity contribution in [2.75, 3.05) is 35.2 Å². The van der Waals surface area contributed by atoms with Crippen molar-refractivity contribution in [3.8, 4) is 0 Å². The number of nitrogen functional groups attached to an aromatic ring is 1. The van der Waals surface area contributed by atoms with Crippen molar-refractivity contribution in [1.29, 1.82) is 0 Å². The SMILES string of the molecule is CCSCCCN(CC)c1ccc(N)cc1. The summed E-state index contributed by atoms with van der Waals surface area (Å²) < 4.78 is 0. The summed E-state index contributed by atoms with van der Waals surface area (Å²) in [5, 5.41) is 0. The van der Waals surface area contributed by atoms with Gasteiger partial charge in [0.2, 0.25) is 0 Å². The third-order valence-corrected chi connectivity index (χ3v) is 3.55. The second-order valence-corrected chi connectivity index (χ2v) is 5.12. The number of rotatable bonds is 7. The largest absolute Gasteiger partial charge is 0.399 e. The van der Waals surface area contributed by atoms with Gasteiger partial charge in [0.15, 0.2) is 0 Å². The lowest BCUT2D eigenvalue weighted by Crippen LogP contribution is -2.24. The van der Waals surface area contributed by atoms with E-state index in [-0.39, 0.29) is 0 Å². The summed E-state index contributed by atoms with van der Waals surface area (Å²) in [5.41, 5.74) is 7.80. The first-order valence-corrected chi connectivity index (χ1v) is 7.11. The quantitative estimate of drug-likeness (QED) is 0.584. The number of thioether (sulfide) groups is 1. The van der Waals surface area contributed by atoms with E-state index in [1.165, 1.54) is 23.6 Å². The Balaban J connectivity index is 2.44. The molecule has 0 unspecified atom stereocenters. The maximum atomic E-state index is 5.69. The van der Waals surface area contributed by atoms with Crippen LogP contribution in [0, 0.1) is 0 Å². The van der Waals surface area contributed by atoms with Gasteiger partial charge >= 0.3 is 0 Å². The molecule has 1 aromatic carbocycles. The van der Waals surface area contributed by atoms with Crippen LogP contribution in [0.5, 0.6) is 0 Å². The van der Waals surface area contributed by atoms with E-state index >= 15 is 0 Å². The number of nitrogens with zero attached hydrogens (tertiary/aromatic N) is 1. The van der Waals surface area contributed by atoms with Crippen molar-refractivity contribution in [3.05, 3.63) is 24.3 Å². The van der Waals surface area contributed by atoms with Crippen molar-refractivity contribution in [1.82, 2.24) is 0 Å². The van der Waals surface area contributed by atoms with E-state index in [9.17, 15) is 0 Å². The van der Waals surface area contributed by atoms with E-state index in [1.807, 2.05) is 23.9 Å². The first kappa shape index (κ1) is 13.2. The molecule has 0 atom stereocenters. The van der Waals surface area contributed by atoms with Crippen LogP contribution in [0.15, 0.2) is 24.3 Å². The third kappa shape index (κ3) is 4.35. The zero-order chi connectivity index (χ0) is 11.8. The van der Waals surface area contributed by atoms with Gasteiger partial charge in [-0.3, -0.25) is 0 Å². The number of anilines is 2. The van der Waals surface area contributed by atoms with E-state index in [2.05, 4.69) is 30.9 Å². The van der Waals surface area contributed by atoms with Gasteiger partial charge < -0.3 is 10.6 Å². The molecule has 0 heterocycles. The minimum atomic E-state index is 0.835. The Bertz CT molecular complexity index is 284. The van der Waals surface area contributed by atoms with Gasteiger partial charge in [0.1, 0.15) is 0 Å². The molecule has 2 nitrogen and oxygen atoms in total. The molecule has 0 radical (unpaired) electrons. The van der Waals surface area contributed by atoms with Gasteiger partial charge in [-0.1, -0.05) is 6.92 Å². The van der Waals surface area contributed by atoms with E-state index in [4.69, 9.17) is 5.73 Å². The summed E-state index contributed by atoms with van der Waals surface area (Å²) in [7, 11) is 0.